The highest BCUT2D eigenvalue weighted by atomic mass is 32.2. The summed E-state index contributed by atoms with van der Waals surface area (Å²) < 4.78 is 11.7. The van der Waals surface area contributed by atoms with E-state index in [-0.39, 0.29) is 24.3 Å². The second kappa shape index (κ2) is 11.2. The van der Waals surface area contributed by atoms with E-state index in [0.29, 0.717) is 30.3 Å². The number of thioether (sulfide) groups is 1. The summed E-state index contributed by atoms with van der Waals surface area (Å²) in [5, 5.41) is 4.91. The quantitative estimate of drug-likeness (QED) is 0.593. The summed E-state index contributed by atoms with van der Waals surface area (Å²) in [4.78, 5) is 31.0. The number of hydrogen-bond acceptors (Lipinski definition) is 7. The van der Waals surface area contributed by atoms with Crippen LogP contribution in [0.2, 0.25) is 0 Å². The van der Waals surface area contributed by atoms with Gasteiger partial charge in [0.25, 0.3) is 5.91 Å². The first-order valence-electron chi connectivity index (χ1n) is 9.90. The molecule has 0 unspecified atom stereocenters. The van der Waals surface area contributed by atoms with E-state index >= 15 is 0 Å². The van der Waals surface area contributed by atoms with E-state index in [9.17, 15) is 9.59 Å². The molecule has 2 aromatic rings. The molecule has 1 aromatic carbocycles. The number of ether oxygens (including phenoxy) is 2. The molecule has 2 heterocycles. The van der Waals surface area contributed by atoms with Gasteiger partial charge in [-0.2, -0.15) is 0 Å². The topological polar surface area (TPSA) is 80.8 Å². The third-order valence-electron chi connectivity index (χ3n) is 4.80. The Morgan fingerprint density at radius 1 is 1.33 bits per heavy atom. The molecule has 0 radical (unpaired) electrons. The molecule has 1 fully saturated rings. The fourth-order valence-electron chi connectivity index (χ4n) is 3.26. The van der Waals surface area contributed by atoms with E-state index in [1.54, 1.807) is 30.6 Å². The molecule has 30 heavy (non-hydrogen) atoms. The predicted octanol–water partition coefficient (Wildman–Crippen LogP) is 2.99. The molecule has 1 aliphatic heterocycles. The van der Waals surface area contributed by atoms with E-state index in [4.69, 9.17) is 9.47 Å². The fourth-order valence-corrected chi connectivity index (χ4v) is 5.01. The Morgan fingerprint density at radius 2 is 2.13 bits per heavy atom. The van der Waals surface area contributed by atoms with Crippen molar-refractivity contribution in [1.29, 1.82) is 0 Å². The van der Waals surface area contributed by atoms with Crippen LogP contribution in [0, 0.1) is 12.8 Å². The molecule has 3 rings (SSSR count). The Kier molecular flexibility index (Phi) is 8.39. The lowest BCUT2D eigenvalue weighted by molar-refractivity contribution is -0.130. The number of aromatic nitrogens is 1. The standard InChI is InChI=1S/C21H27N3O4S2/c1-15-13-29-21(23-15)30-14-20(26)24-9-5-6-16(11-24)10-22-19(25)12-28-18-8-4-3-7-17(18)27-2/h3-4,7-8,13,16H,5-6,9-12,14H2,1-2H3,(H,22,25)/t16-/m0/s1. The molecule has 2 amide bonds. The molecule has 0 aliphatic carbocycles. The maximum absolute atomic E-state index is 12.5. The van der Waals surface area contributed by atoms with Crippen LogP contribution >= 0.6 is 23.1 Å². The van der Waals surface area contributed by atoms with Gasteiger partial charge in [-0.3, -0.25) is 9.59 Å². The summed E-state index contributed by atoms with van der Waals surface area (Å²) in [5.74, 6) is 1.74. The summed E-state index contributed by atoms with van der Waals surface area (Å²) in [6.45, 7) is 3.87. The lowest BCUT2D eigenvalue weighted by Gasteiger charge is -2.32. The first-order chi connectivity index (χ1) is 14.5. The number of hydrogen-bond donors (Lipinski definition) is 1. The zero-order chi connectivity index (χ0) is 21.3. The molecule has 1 aromatic heterocycles. The third kappa shape index (κ3) is 6.63. The van der Waals surface area contributed by atoms with Crippen LogP contribution in [0.3, 0.4) is 0 Å². The zero-order valence-corrected chi connectivity index (χ0v) is 18.9. The van der Waals surface area contributed by atoms with Crippen LogP contribution in [0.4, 0.5) is 0 Å². The smallest absolute Gasteiger partial charge is 0.257 e. The van der Waals surface area contributed by atoms with Crippen molar-refractivity contribution in [3.63, 3.8) is 0 Å². The Hall–Kier alpha value is -2.26. The monoisotopic (exact) mass is 449 g/mol. The zero-order valence-electron chi connectivity index (χ0n) is 17.3. The normalized spacial score (nSPS) is 16.2. The summed E-state index contributed by atoms with van der Waals surface area (Å²) in [6.07, 6.45) is 1.95. The number of amides is 2. The van der Waals surface area contributed by atoms with Crippen molar-refractivity contribution in [1.82, 2.24) is 15.2 Å². The van der Waals surface area contributed by atoms with Gasteiger partial charge >= 0.3 is 0 Å². The second-order valence-corrected chi connectivity index (χ2v) is 9.22. The number of piperidine rings is 1. The Bertz CT molecular complexity index is 858. The summed E-state index contributed by atoms with van der Waals surface area (Å²) in [6, 6.07) is 7.23. The van der Waals surface area contributed by atoms with Gasteiger partial charge in [0.1, 0.15) is 0 Å². The van der Waals surface area contributed by atoms with Crippen molar-refractivity contribution in [2.75, 3.05) is 39.1 Å². The van der Waals surface area contributed by atoms with Crippen molar-refractivity contribution < 1.29 is 19.1 Å². The van der Waals surface area contributed by atoms with E-state index in [1.807, 2.05) is 29.3 Å². The van der Waals surface area contributed by atoms with Crippen LogP contribution in [0.5, 0.6) is 11.5 Å². The molecular formula is C21H27N3O4S2. The van der Waals surface area contributed by atoms with E-state index in [1.165, 1.54) is 11.8 Å². The van der Waals surface area contributed by atoms with Gasteiger partial charge in [-0.1, -0.05) is 23.9 Å². The average molecular weight is 450 g/mol. The molecule has 1 aliphatic rings. The molecule has 9 heteroatoms. The van der Waals surface area contributed by atoms with Crippen LogP contribution in [0.25, 0.3) is 0 Å². The third-order valence-corrected chi connectivity index (χ3v) is 6.93. The van der Waals surface area contributed by atoms with Crippen molar-refractivity contribution in [3.8, 4) is 11.5 Å². The molecule has 0 spiro atoms. The number of likely N-dealkylation sites (tertiary alicyclic amines) is 1. The number of benzene rings is 1. The van der Waals surface area contributed by atoms with Gasteiger partial charge in [0.15, 0.2) is 22.4 Å². The maximum Gasteiger partial charge on any atom is 0.257 e. The number of carbonyl (C=O) groups excluding carboxylic acids is 2. The average Bonchev–Trinajstić information content (AvgIpc) is 3.20. The Labute approximate surface area is 185 Å². The van der Waals surface area contributed by atoms with Gasteiger partial charge in [-0.05, 0) is 37.8 Å². The highest BCUT2D eigenvalue weighted by Crippen LogP contribution is 2.26. The van der Waals surface area contributed by atoms with Crippen LogP contribution in [0.15, 0.2) is 34.0 Å². The van der Waals surface area contributed by atoms with Gasteiger partial charge in [0, 0.05) is 30.7 Å². The number of methoxy groups -OCH3 is 1. The number of para-hydroxylation sites is 2. The molecule has 0 bridgehead atoms. The van der Waals surface area contributed by atoms with Gasteiger partial charge < -0.3 is 19.7 Å². The number of aryl methyl sites for hydroxylation is 1. The minimum atomic E-state index is -0.181. The molecule has 1 saturated heterocycles. The Morgan fingerprint density at radius 3 is 2.87 bits per heavy atom. The van der Waals surface area contributed by atoms with E-state index < -0.39 is 0 Å². The van der Waals surface area contributed by atoms with Gasteiger partial charge in [0.05, 0.1) is 12.9 Å². The second-order valence-electron chi connectivity index (χ2n) is 7.14. The lowest BCUT2D eigenvalue weighted by Crippen LogP contribution is -2.44. The number of nitrogens with zero attached hydrogens (tertiary/aromatic N) is 2. The molecular weight excluding hydrogens is 422 g/mol. The minimum Gasteiger partial charge on any atom is -0.493 e. The van der Waals surface area contributed by atoms with Gasteiger partial charge in [-0.15, -0.1) is 11.3 Å². The van der Waals surface area contributed by atoms with Crippen LogP contribution in [-0.4, -0.2) is 60.8 Å². The minimum absolute atomic E-state index is 0.0698. The molecule has 162 valence electrons. The number of nitrogens with one attached hydrogen (secondary N) is 1. The lowest BCUT2D eigenvalue weighted by atomic mass is 9.98. The first-order valence-corrected chi connectivity index (χ1v) is 11.8. The predicted molar refractivity (Wildman–Crippen MR) is 118 cm³/mol. The molecule has 7 nitrogen and oxygen atoms in total. The summed E-state index contributed by atoms with van der Waals surface area (Å²) in [7, 11) is 1.56. The molecule has 0 saturated carbocycles. The summed E-state index contributed by atoms with van der Waals surface area (Å²) in [5.41, 5.74) is 0.985. The van der Waals surface area contributed by atoms with Crippen molar-refractivity contribution in [3.05, 3.63) is 35.3 Å². The summed E-state index contributed by atoms with van der Waals surface area (Å²) >= 11 is 3.06. The number of thiazole rings is 1. The van der Waals surface area contributed by atoms with Gasteiger partial charge in [-0.25, -0.2) is 4.98 Å². The van der Waals surface area contributed by atoms with Crippen LogP contribution < -0.4 is 14.8 Å². The van der Waals surface area contributed by atoms with Crippen LogP contribution in [-0.2, 0) is 9.59 Å². The largest absolute Gasteiger partial charge is 0.493 e. The van der Waals surface area contributed by atoms with E-state index in [2.05, 4.69) is 10.3 Å². The van der Waals surface area contributed by atoms with Crippen molar-refractivity contribution in [2.24, 2.45) is 5.92 Å². The number of rotatable bonds is 9. The van der Waals surface area contributed by atoms with Crippen molar-refractivity contribution in [2.45, 2.75) is 24.1 Å². The highest BCUT2D eigenvalue weighted by molar-refractivity contribution is 8.01. The molecule has 1 N–H and O–H groups in total. The van der Waals surface area contributed by atoms with E-state index in [0.717, 1.165) is 29.4 Å². The van der Waals surface area contributed by atoms with Gasteiger partial charge in [0.2, 0.25) is 5.91 Å². The first kappa shape index (κ1) is 22.4. The Balaban J connectivity index is 1.38. The SMILES string of the molecule is COc1ccccc1OCC(=O)NC[C@@H]1CCCN(C(=O)CSc2nc(C)cs2)C1. The van der Waals surface area contributed by atoms with Crippen molar-refractivity contribution >= 4 is 34.9 Å². The number of carbonyl (C=O) groups is 2. The van der Waals surface area contributed by atoms with Crippen LogP contribution in [0.1, 0.15) is 18.5 Å². The molecule has 1 atom stereocenters. The fraction of sp³-hybridized carbons (Fsp3) is 0.476. The maximum atomic E-state index is 12.5. The highest BCUT2D eigenvalue weighted by Gasteiger charge is 2.24.